The predicted molar refractivity (Wildman–Crippen MR) is 77.8 cm³/mol. The Kier molecular flexibility index (Phi) is 5.42. The molecule has 0 aliphatic rings. The maximum Gasteiger partial charge on any atom is 0.240 e. The third kappa shape index (κ3) is 3.87. The lowest BCUT2D eigenvalue weighted by atomic mass is 10.1. The Morgan fingerprint density at radius 3 is 2.71 bits per heavy atom. The van der Waals surface area contributed by atoms with Crippen LogP contribution < -0.4 is 20.7 Å². The van der Waals surface area contributed by atoms with Crippen molar-refractivity contribution in [2.75, 3.05) is 14.2 Å². The van der Waals surface area contributed by atoms with E-state index in [1.165, 1.54) is 7.11 Å². The number of hydrogen-bond acceptors (Lipinski definition) is 7. The monoisotopic (exact) mass is 289 g/mol. The molecular weight excluding hydrogens is 270 g/mol. The second-order valence-corrected chi connectivity index (χ2v) is 4.39. The summed E-state index contributed by atoms with van der Waals surface area (Å²) in [5.41, 5.74) is 4.40. The lowest BCUT2D eigenvalue weighted by Crippen LogP contribution is -2.29. The van der Waals surface area contributed by atoms with Crippen LogP contribution in [-0.4, -0.2) is 29.2 Å². The molecule has 2 aromatic heterocycles. The SMILES string of the molecule is COc1cnc(C(CCc2ccccn2)NN)c(OC)n1. The average molecular weight is 289 g/mol. The molecule has 1 unspecified atom stereocenters. The third-order valence-corrected chi connectivity index (χ3v) is 3.09. The number of ether oxygens (including phenoxy) is 2. The van der Waals surface area contributed by atoms with E-state index in [9.17, 15) is 0 Å². The van der Waals surface area contributed by atoms with Crippen LogP contribution in [0.1, 0.15) is 23.9 Å². The first-order chi connectivity index (χ1) is 10.3. The van der Waals surface area contributed by atoms with Crippen LogP contribution >= 0.6 is 0 Å². The van der Waals surface area contributed by atoms with E-state index in [1.54, 1.807) is 19.5 Å². The van der Waals surface area contributed by atoms with Crippen molar-refractivity contribution in [3.8, 4) is 11.8 Å². The van der Waals surface area contributed by atoms with Crippen molar-refractivity contribution >= 4 is 0 Å². The quantitative estimate of drug-likeness (QED) is 0.580. The molecule has 0 aliphatic heterocycles. The molecule has 0 amide bonds. The summed E-state index contributed by atoms with van der Waals surface area (Å²) in [5, 5.41) is 0. The van der Waals surface area contributed by atoms with Gasteiger partial charge >= 0.3 is 0 Å². The molecule has 0 saturated heterocycles. The fourth-order valence-corrected chi connectivity index (χ4v) is 1.99. The standard InChI is InChI=1S/C14H19N5O2/c1-20-12-9-17-13(14(18-12)21-2)11(19-15)7-6-10-5-3-4-8-16-10/h3-5,8-9,11,19H,6-7,15H2,1-2H3. The smallest absolute Gasteiger partial charge is 0.240 e. The predicted octanol–water partition coefficient (Wildman–Crippen LogP) is 1.03. The van der Waals surface area contributed by atoms with Gasteiger partial charge < -0.3 is 9.47 Å². The maximum atomic E-state index is 5.64. The topological polar surface area (TPSA) is 95.2 Å². The average Bonchev–Trinajstić information content (AvgIpc) is 2.56. The molecule has 2 heterocycles. The number of rotatable bonds is 7. The van der Waals surface area contributed by atoms with Gasteiger partial charge in [0.2, 0.25) is 11.8 Å². The van der Waals surface area contributed by atoms with Gasteiger partial charge in [0.1, 0.15) is 5.69 Å². The van der Waals surface area contributed by atoms with Crippen LogP contribution in [0, 0.1) is 0 Å². The van der Waals surface area contributed by atoms with Crippen molar-refractivity contribution in [1.82, 2.24) is 20.4 Å². The first-order valence-electron chi connectivity index (χ1n) is 6.59. The zero-order chi connectivity index (χ0) is 15.1. The van der Waals surface area contributed by atoms with Crippen molar-refractivity contribution in [2.24, 2.45) is 5.84 Å². The van der Waals surface area contributed by atoms with E-state index in [0.29, 0.717) is 17.5 Å². The molecule has 7 heteroatoms. The van der Waals surface area contributed by atoms with Gasteiger partial charge in [0.05, 0.1) is 26.5 Å². The van der Waals surface area contributed by atoms with Gasteiger partial charge in [0, 0.05) is 11.9 Å². The molecule has 1 atom stereocenters. The van der Waals surface area contributed by atoms with Crippen LogP contribution in [0.4, 0.5) is 0 Å². The second-order valence-electron chi connectivity index (χ2n) is 4.39. The molecule has 0 bridgehead atoms. The molecule has 7 nitrogen and oxygen atoms in total. The fourth-order valence-electron chi connectivity index (χ4n) is 1.99. The molecule has 0 aromatic carbocycles. The Hall–Kier alpha value is -2.25. The van der Waals surface area contributed by atoms with Crippen molar-refractivity contribution < 1.29 is 9.47 Å². The number of pyridine rings is 1. The zero-order valence-corrected chi connectivity index (χ0v) is 12.1. The van der Waals surface area contributed by atoms with Crippen molar-refractivity contribution in [2.45, 2.75) is 18.9 Å². The molecule has 2 rings (SSSR count). The highest BCUT2D eigenvalue weighted by atomic mass is 16.5. The van der Waals surface area contributed by atoms with Gasteiger partial charge in [-0.15, -0.1) is 0 Å². The number of nitrogens with two attached hydrogens (primary N) is 1. The van der Waals surface area contributed by atoms with Crippen LogP contribution in [0.3, 0.4) is 0 Å². The highest BCUT2D eigenvalue weighted by Crippen LogP contribution is 2.25. The summed E-state index contributed by atoms with van der Waals surface area (Å²) in [6.07, 6.45) is 4.81. The lowest BCUT2D eigenvalue weighted by molar-refractivity contribution is 0.347. The zero-order valence-electron chi connectivity index (χ0n) is 12.1. The summed E-state index contributed by atoms with van der Waals surface area (Å²) < 4.78 is 10.3. The van der Waals surface area contributed by atoms with E-state index in [1.807, 2.05) is 18.2 Å². The Morgan fingerprint density at radius 2 is 2.10 bits per heavy atom. The number of aromatic nitrogens is 3. The molecule has 2 aromatic rings. The maximum absolute atomic E-state index is 5.64. The van der Waals surface area contributed by atoms with Gasteiger partial charge in [-0.25, -0.2) is 4.98 Å². The largest absolute Gasteiger partial charge is 0.480 e. The number of aryl methyl sites for hydroxylation is 1. The van der Waals surface area contributed by atoms with Gasteiger partial charge in [-0.3, -0.25) is 16.3 Å². The highest BCUT2D eigenvalue weighted by Gasteiger charge is 2.19. The summed E-state index contributed by atoms with van der Waals surface area (Å²) in [6, 6.07) is 5.64. The summed E-state index contributed by atoms with van der Waals surface area (Å²) in [4.78, 5) is 12.8. The van der Waals surface area contributed by atoms with E-state index >= 15 is 0 Å². The van der Waals surface area contributed by atoms with Crippen LogP contribution in [-0.2, 0) is 6.42 Å². The van der Waals surface area contributed by atoms with E-state index in [0.717, 1.165) is 18.5 Å². The molecule has 112 valence electrons. The van der Waals surface area contributed by atoms with E-state index < -0.39 is 0 Å². The van der Waals surface area contributed by atoms with Crippen molar-refractivity contribution in [3.05, 3.63) is 42.0 Å². The summed E-state index contributed by atoms with van der Waals surface area (Å²) in [5.74, 6) is 6.44. The molecular formula is C14H19N5O2. The first kappa shape index (κ1) is 15.1. The van der Waals surface area contributed by atoms with Gasteiger partial charge in [0.25, 0.3) is 0 Å². The molecule has 0 saturated carbocycles. The Morgan fingerprint density at radius 1 is 1.24 bits per heavy atom. The summed E-state index contributed by atoms with van der Waals surface area (Å²) in [7, 11) is 3.07. The van der Waals surface area contributed by atoms with Gasteiger partial charge in [-0.2, -0.15) is 4.98 Å². The van der Waals surface area contributed by atoms with Crippen LogP contribution in [0.25, 0.3) is 0 Å². The number of methoxy groups -OCH3 is 2. The second kappa shape index (κ2) is 7.51. The fraction of sp³-hybridized carbons (Fsp3) is 0.357. The minimum Gasteiger partial charge on any atom is -0.480 e. The molecule has 0 radical (unpaired) electrons. The molecule has 0 fully saturated rings. The minimum atomic E-state index is -0.180. The molecule has 0 spiro atoms. The normalized spacial score (nSPS) is 12.0. The first-order valence-corrected chi connectivity index (χ1v) is 6.59. The lowest BCUT2D eigenvalue weighted by Gasteiger charge is -2.17. The molecule has 21 heavy (non-hydrogen) atoms. The number of nitrogens with one attached hydrogen (secondary N) is 1. The van der Waals surface area contributed by atoms with Gasteiger partial charge in [-0.05, 0) is 25.0 Å². The third-order valence-electron chi connectivity index (χ3n) is 3.09. The molecule has 3 N–H and O–H groups in total. The highest BCUT2D eigenvalue weighted by molar-refractivity contribution is 5.25. The minimum absolute atomic E-state index is 0.180. The van der Waals surface area contributed by atoms with Gasteiger partial charge in [0.15, 0.2) is 0 Å². The van der Waals surface area contributed by atoms with Crippen LogP contribution in [0.15, 0.2) is 30.6 Å². The van der Waals surface area contributed by atoms with E-state index in [2.05, 4.69) is 20.4 Å². The van der Waals surface area contributed by atoms with Crippen molar-refractivity contribution in [1.29, 1.82) is 0 Å². The molecule has 0 aliphatic carbocycles. The van der Waals surface area contributed by atoms with Crippen LogP contribution in [0.5, 0.6) is 11.8 Å². The van der Waals surface area contributed by atoms with E-state index in [4.69, 9.17) is 15.3 Å². The Labute approximate surface area is 123 Å². The van der Waals surface area contributed by atoms with Crippen LogP contribution in [0.2, 0.25) is 0 Å². The number of nitrogens with zero attached hydrogens (tertiary/aromatic N) is 3. The van der Waals surface area contributed by atoms with Crippen molar-refractivity contribution in [3.63, 3.8) is 0 Å². The number of hydrazine groups is 1. The Bertz CT molecular complexity index is 565. The van der Waals surface area contributed by atoms with Gasteiger partial charge in [-0.1, -0.05) is 6.07 Å². The van der Waals surface area contributed by atoms with E-state index in [-0.39, 0.29) is 6.04 Å². The summed E-state index contributed by atoms with van der Waals surface area (Å²) in [6.45, 7) is 0. The Balaban J connectivity index is 2.13. The summed E-state index contributed by atoms with van der Waals surface area (Å²) >= 11 is 0. The number of hydrogen-bond donors (Lipinski definition) is 2.